The van der Waals surface area contributed by atoms with E-state index in [0.29, 0.717) is 11.4 Å². The molecule has 0 saturated heterocycles. The third kappa shape index (κ3) is 2.41. The smallest absolute Gasteiger partial charge is 0.255 e. The average Bonchev–Trinajstić information content (AvgIpc) is 2.38. The topological polar surface area (TPSA) is 75.0 Å². The van der Waals surface area contributed by atoms with Crippen LogP contribution in [0.15, 0.2) is 35.3 Å². The van der Waals surface area contributed by atoms with Crippen molar-refractivity contribution in [3.8, 4) is 11.4 Å². The van der Waals surface area contributed by atoms with Crippen molar-refractivity contribution in [3.05, 3.63) is 46.4 Å². The molecule has 2 aromatic rings. The molecule has 0 aliphatic carbocycles. The summed E-state index contributed by atoms with van der Waals surface area (Å²) in [7, 11) is 3.95. The van der Waals surface area contributed by atoms with Crippen LogP contribution in [0.3, 0.4) is 0 Å². The fourth-order valence-electron chi connectivity index (χ4n) is 1.63. The van der Waals surface area contributed by atoms with E-state index < -0.39 is 0 Å². The van der Waals surface area contributed by atoms with Crippen LogP contribution in [0.2, 0.25) is 0 Å². The van der Waals surface area contributed by atoms with Gasteiger partial charge in [0.15, 0.2) is 0 Å². The summed E-state index contributed by atoms with van der Waals surface area (Å²) in [6.07, 6.45) is 1.52. The molecule has 0 spiro atoms. The van der Waals surface area contributed by atoms with Gasteiger partial charge in [0.2, 0.25) is 0 Å². The average molecular weight is 244 g/mol. The number of rotatable bonds is 3. The Morgan fingerprint density at radius 3 is 2.44 bits per heavy atom. The van der Waals surface area contributed by atoms with Crippen molar-refractivity contribution in [2.75, 3.05) is 19.0 Å². The fraction of sp³-hybridized carbons (Fsp3) is 0.231. The SMILES string of the molecule is CN(C)c1ccc(-c2ncc(CN)c(=O)[nH]2)cc1. The Labute approximate surface area is 105 Å². The molecular weight excluding hydrogens is 228 g/mol. The van der Waals surface area contributed by atoms with Gasteiger partial charge in [0.05, 0.1) is 0 Å². The van der Waals surface area contributed by atoms with Gasteiger partial charge in [-0.2, -0.15) is 0 Å². The van der Waals surface area contributed by atoms with Crippen molar-refractivity contribution in [3.63, 3.8) is 0 Å². The first kappa shape index (κ1) is 12.3. The molecule has 0 fully saturated rings. The molecule has 0 unspecified atom stereocenters. The molecular formula is C13H16N4O. The summed E-state index contributed by atoms with van der Waals surface area (Å²) < 4.78 is 0. The molecule has 5 nitrogen and oxygen atoms in total. The van der Waals surface area contributed by atoms with Crippen molar-refractivity contribution in [2.24, 2.45) is 5.73 Å². The lowest BCUT2D eigenvalue weighted by Gasteiger charge is -2.12. The number of aromatic amines is 1. The Hall–Kier alpha value is -2.14. The van der Waals surface area contributed by atoms with Crippen LogP contribution < -0.4 is 16.2 Å². The van der Waals surface area contributed by atoms with Gasteiger partial charge < -0.3 is 15.6 Å². The lowest BCUT2D eigenvalue weighted by molar-refractivity contribution is 0.979. The number of nitrogens with two attached hydrogens (primary N) is 1. The normalized spacial score (nSPS) is 10.4. The van der Waals surface area contributed by atoms with Gasteiger partial charge in [-0.25, -0.2) is 4.98 Å². The number of anilines is 1. The van der Waals surface area contributed by atoms with Crippen molar-refractivity contribution in [1.29, 1.82) is 0 Å². The van der Waals surface area contributed by atoms with Crippen LogP contribution in [-0.4, -0.2) is 24.1 Å². The molecule has 0 bridgehead atoms. The van der Waals surface area contributed by atoms with Crippen LogP contribution in [0.1, 0.15) is 5.56 Å². The van der Waals surface area contributed by atoms with Gasteiger partial charge in [-0.1, -0.05) is 0 Å². The van der Waals surface area contributed by atoms with Gasteiger partial charge in [0.25, 0.3) is 5.56 Å². The molecule has 0 aliphatic heterocycles. The molecule has 0 radical (unpaired) electrons. The van der Waals surface area contributed by atoms with Crippen LogP contribution in [0.4, 0.5) is 5.69 Å². The predicted octanol–water partition coefficient (Wildman–Crippen LogP) is 0.962. The summed E-state index contributed by atoms with van der Waals surface area (Å²) in [5.41, 5.74) is 7.71. The second-order valence-electron chi connectivity index (χ2n) is 4.23. The minimum Gasteiger partial charge on any atom is -0.378 e. The predicted molar refractivity (Wildman–Crippen MR) is 72.5 cm³/mol. The van der Waals surface area contributed by atoms with Gasteiger partial charge in [0.1, 0.15) is 5.82 Å². The lowest BCUT2D eigenvalue weighted by atomic mass is 10.2. The minimum absolute atomic E-state index is 0.181. The Bertz CT molecular complexity index is 587. The highest BCUT2D eigenvalue weighted by Crippen LogP contribution is 2.18. The van der Waals surface area contributed by atoms with Gasteiger partial charge in [0, 0.05) is 43.7 Å². The van der Waals surface area contributed by atoms with Crippen LogP contribution in [0.5, 0.6) is 0 Å². The molecule has 0 saturated carbocycles. The van der Waals surface area contributed by atoms with Gasteiger partial charge in [-0.15, -0.1) is 0 Å². The van der Waals surface area contributed by atoms with Crippen LogP contribution >= 0.6 is 0 Å². The third-order valence-corrected chi connectivity index (χ3v) is 2.75. The minimum atomic E-state index is -0.181. The lowest BCUT2D eigenvalue weighted by Crippen LogP contribution is -2.17. The maximum Gasteiger partial charge on any atom is 0.255 e. The zero-order valence-electron chi connectivity index (χ0n) is 10.5. The first-order valence-electron chi connectivity index (χ1n) is 5.68. The molecule has 18 heavy (non-hydrogen) atoms. The monoisotopic (exact) mass is 244 g/mol. The maximum atomic E-state index is 11.6. The van der Waals surface area contributed by atoms with E-state index in [1.807, 2.05) is 43.3 Å². The summed E-state index contributed by atoms with van der Waals surface area (Å²) in [6.45, 7) is 0.197. The number of nitrogens with one attached hydrogen (secondary N) is 1. The van der Waals surface area contributed by atoms with E-state index in [4.69, 9.17) is 5.73 Å². The summed E-state index contributed by atoms with van der Waals surface area (Å²) in [6, 6.07) is 7.81. The number of hydrogen-bond acceptors (Lipinski definition) is 4. The zero-order chi connectivity index (χ0) is 13.1. The Morgan fingerprint density at radius 1 is 1.28 bits per heavy atom. The largest absolute Gasteiger partial charge is 0.378 e. The molecule has 94 valence electrons. The highest BCUT2D eigenvalue weighted by Gasteiger charge is 2.04. The summed E-state index contributed by atoms with van der Waals surface area (Å²) >= 11 is 0. The summed E-state index contributed by atoms with van der Waals surface area (Å²) in [5.74, 6) is 0.558. The molecule has 0 atom stereocenters. The fourth-order valence-corrected chi connectivity index (χ4v) is 1.63. The van der Waals surface area contributed by atoms with E-state index in [1.165, 1.54) is 6.20 Å². The first-order chi connectivity index (χ1) is 8.61. The van der Waals surface area contributed by atoms with Gasteiger partial charge in [-0.05, 0) is 24.3 Å². The standard InChI is InChI=1S/C13H16N4O/c1-17(2)11-5-3-9(4-6-11)12-15-8-10(7-14)13(18)16-12/h3-6,8H,7,14H2,1-2H3,(H,15,16,18). The van der Waals surface area contributed by atoms with Gasteiger partial charge >= 0.3 is 0 Å². The highest BCUT2D eigenvalue weighted by molar-refractivity contribution is 5.59. The van der Waals surface area contributed by atoms with E-state index in [-0.39, 0.29) is 12.1 Å². The van der Waals surface area contributed by atoms with E-state index in [1.54, 1.807) is 0 Å². The molecule has 1 aromatic carbocycles. The molecule has 2 rings (SSSR count). The number of H-pyrrole nitrogens is 1. The first-order valence-corrected chi connectivity index (χ1v) is 5.68. The van der Waals surface area contributed by atoms with Crippen molar-refractivity contribution >= 4 is 5.69 Å². The summed E-state index contributed by atoms with van der Waals surface area (Å²) in [5, 5.41) is 0. The van der Waals surface area contributed by atoms with Crippen molar-refractivity contribution in [2.45, 2.75) is 6.54 Å². The number of nitrogens with zero attached hydrogens (tertiary/aromatic N) is 2. The third-order valence-electron chi connectivity index (χ3n) is 2.75. The second-order valence-corrected chi connectivity index (χ2v) is 4.23. The highest BCUT2D eigenvalue weighted by atomic mass is 16.1. The number of aromatic nitrogens is 2. The van der Waals surface area contributed by atoms with E-state index in [0.717, 1.165) is 11.3 Å². The molecule has 0 amide bonds. The molecule has 1 heterocycles. The number of hydrogen-bond donors (Lipinski definition) is 2. The second kappa shape index (κ2) is 5.01. The Balaban J connectivity index is 2.37. The molecule has 1 aromatic heterocycles. The van der Waals surface area contributed by atoms with Crippen molar-refractivity contribution < 1.29 is 0 Å². The Kier molecular flexibility index (Phi) is 3.43. The van der Waals surface area contributed by atoms with Crippen LogP contribution in [0, 0.1) is 0 Å². The molecule has 5 heteroatoms. The zero-order valence-corrected chi connectivity index (χ0v) is 10.5. The quantitative estimate of drug-likeness (QED) is 0.843. The van der Waals surface area contributed by atoms with Crippen LogP contribution in [-0.2, 0) is 6.54 Å². The van der Waals surface area contributed by atoms with E-state index >= 15 is 0 Å². The Morgan fingerprint density at radius 2 is 1.94 bits per heavy atom. The number of benzene rings is 1. The molecule has 0 aliphatic rings. The van der Waals surface area contributed by atoms with Gasteiger partial charge in [-0.3, -0.25) is 4.79 Å². The van der Waals surface area contributed by atoms with E-state index in [2.05, 4.69) is 9.97 Å². The summed E-state index contributed by atoms with van der Waals surface area (Å²) in [4.78, 5) is 20.6. The van der Waals surface area contributed by atoms with E-state index in [9.17, 15) is 4.79 Å². The maximum absolute atomic E-state index is 11.6. The van der Waals surface area contributed by atoms with Crippen LogP contribution in [0.25, 0.3) is 11.4 Å². The van der Waals surface area contributed by atoms with Crippen molar-refractivity contribution in [1.82, 2.24) is 9.97 Å². The molecule has 3 N–H and O–H groups in total.